The van der Waals surface area contributed by atoms with Crippen LogP contribution in [-0.4, -0.2) is 6.03 Å². The molecule has 1 aromatic carbocycles. The first-order valence-electron chi connectivity index (χ1n) is 6.96. The third kappa shape index (κ3) is 4.43. The van der Waals surface area contributed by atoms with Crippen molar-refractivity contribution in [3.8, 4) is 0 Å². The van der Waals surface area contributed by atoms with E-state index in [1.54, 1.807) is 6.20 Å². The molecule has 1 aliphatic carbocycles. The summed E-state index contributed by atoms with van der Waals surface area (Å²) in [6, 6.07) is 5.84. The van der Waals surface area contributed by atoms with Crippen molar-refractivity contribution in [3.05, 3.63) is 41.6 Å². The van der Waals surface area contributed by atoms with Crippen LogP contribution < -0.4 is 10.6 Å². The molecule has 0 bridgehead atoms. The summed E-state index contributed by atoms with van der Waals surface area (Å²) in [5.74, 6) is 0.640. The molecule has 1 fully saturated rings. The number of amides is 2. The van der Waals surface area contributed by atoms with Crippen LogP contribution in [0.1, 0.15) is 36.8 Å². The molecule has 1 aliphatic rings. The van der Waals surface area contributed by atoms with E-state index in [-0.39, 0.29) is 6.03 Å². The molecule has 0 aromatic heterocycles. The van der Waals surface area contributed by atoms with Crippen LogP contribution in [0, 0.1) is 19.8 Å². The Hall–Kier alpha value is -1.77. The number of carbonyl (C=O) groups excluding carboxylic acids is 1. The first kappa shape index (κ1) is 13.7. The lowest BCUT2D eigenvalue weighted by atomic mass is 10.1. The van der Waals surface area contributed by atoms with Gasteiger partial charge in [-0.25, -0.2) is 4.79 Å². The van der Waals surface area contributed by atoms with Crippen molar-refractivity contribution in [2.24, 2.45) is 5.92 Å². The number of hydrogen-bond acceptors (Lipinski definition) is 1. The van der Waals surface area contributed by atoms with Crippen molar-refractivity contribution in [2.45, 2.75) is 39.5 Å². The van der Waals surface area contributed by atoms with E-state index >= 15 is 0 Å². The van der Waals surface area contributed by atoms with Crippen molar-refractivity contribution < 1.29 is 4.79 Å². The van der Waals surface area contributed by atoms with E-state index in [0.29, 0.717) is 5.92 Å². The summed E-state index contributed by atoms with van der Waals surface area (Å²) in [5, 5.41) is 5.61. The lowest BCUT2D eigenvalue weighted by Crippen LogP contribution is -2.24. The number of aryl methyl sites for hydroxylation is 2. The molecule has 3 nitrogen and oxygen atoms in total. The Balaban J connectivity index is 1.83. The average molecular weight is 258 g/mol. The van der Waals surface area contributed by atoms with Crippen molar-refractivity contribution in [2.75, 3.05) is 5.32 Å². The Kier molecular flexibility index (Phi) is 4.61. The number of allylic oxidation sites excluding steroid dienone is 1. The Morgan fingerprint density at radius 3 is 2.42 bits per heavy atom. The smallest absolute Gasteiger partial charge is 0.315 e. The number of anilines is 1. The second kappa shape index (κ2) is 6.41. The summed E-state index contributed by atoms with van der Waals surface area (Å²) in [6.45, 7) is 4.05. The van der Waals surface area contributed by atoms with Gasteiger partial charge in [-0.05, 0) is 55.9 Å². The van der Waals surface area contributed by atoms with E-state index in [2.05, 4.69) is 22.8 Å². The van der Waals surface area contributed by atoms with Crippen LogP contribution in [0.4, 0.5) is 10.5 Å². The Morgan fingerprint density at radius 1 is 1.16 bits per heavy atom. The molecule has 0 atom stereocenters. The van der Waals surface area contributed by atoms with Gasteiger partial charge in [-0.15, -0.1) is 0 Å². The van der Waals surface area contributed by atoms with Gasteiger partial charge in [0.25, 0.3) is 0 Å². The maximum absolute atomic E-state index is 11.7. The Morgan fingerprint density at radius 2 is 1.79 bits per heavy atom. The largest absolute Gasteiger partial charge is 0.323 e. The molecular weight excluding hydrogens is 236 g/mol. The molecule has 2 rings (SSSR count). The lowest BCUT2D eigenvalue weighted by molar-refractivity contribution is 0.255. The van der Waals surface area contributed by atoms with Gasteiger partial charge in [0.2, 0.25) is 0 Å². The summed E-state index contributed by atoms with van der Waals surface area (Å²) in [6.07, 6.45) is 8.99. The molecule has 0 spiro atoms. The molecule has 102 valence electrons. The van der Waals surface area contributed by atoms with Crippen LogP contribution in [0.25, 0.3) is 0 Å². The highest BCUT2D eigenvalue weighted by Crippen LogP contribution is 2.25. The number of urea groups is 1. The maximum atomic E-state index is 11.7. The van der Waals surface area contributed by atoms with Gasteiger partial charge in [-0.2, -0.15) is 0 Å². The van der Waals surface area contributed by atoms with Gasteiger partial charge < -0.3 is 10.6 Å². The quantitative estimate of drug-likeness (QED) is 0.841. The van der Waals surface area contributed by atoms with Gasteiger partial charge in [0.15, 0.2) is 0 Å². The van der Waals surface area contributed by atoms with Crippen molar-refractivity contribution in [1.29, 1.82) is 0 Å². The van der Waals surface area contributed by atoms with Crippen LogP contribution in [0.15, 0.2) is 30.5 Å². The van der Waals surface area contributed by atoms with Crippen LogP contribution in [-0.2, 0) is 0 Å². The summed E-state index contributed by atoms with van der Waals surface area (Å²) in [4.78, 5) is 11.7. The Labute approximate surface area is 115 Å². The first-order chi connectivity index (χ1) is 9.13. The van der Waals surface area contributed by atoms with Gasteiger partial charge in [-0.1, -0.05) is 25.0 Å². The highest BCUT2D eigenvalue weighted by molar-refractivity contribution is 5.90. The molecule has 0 unspecified atom stereocenters. The number of benzene rings is 1. The third-order valence-electron chi connectivity index (χ3n) is 3.46. The molecule has 3 heteroatoms. The van der Waals surface area contributed by atoms with Gasteiger partial charge in [0.05, 0.1) is 0 Å². The van der Waals surface area contributed by atoms with E-state index in [9.17, 15) is 4.79 Å². The predicted molar refractivity (Wildman–Crippen MR) is 79.2 cm³/mol. The van der Waals surface area contributed by atoms with E-state index in [0.717, 1.165) is 16.8 Å². The molecule has 1 saturated carbocycles. The molecule has 0 radical (unpaired) electrons. The number of hydrogen-bond donors (Lipinski definition) is 2. The van der Waals surface area contributed by atoms with E-state index < -0.39 is 0 Å². The molecule has 19 heavy (non-hydrogen) atoms. The van der Waals surface area contributed by atoms with Crippen molar-refractivity contribution >= 4 is 11.7 Å². The SMILES string of the molecule is Cc1cc(C)cc(NC(=O)N/C=C/C2CCCC2)c1. The third-order valence-corrected chi connectivity index (χ3v) is 3.46. The normalized spacial score (nSPS) is 15.9. The van der Waals surface area contributed by atoms with E-state index in [1.807, 2.05) is 26.0 Å². The number of carbonyl (C=O) groups is 1. The molecule has 1 aromatic rings. The van der Waals surface area contributed by atoms with Crippen LogP contribution >= 0.6 is 0 Å². The molecule has 2 N–H and O–H groups in total. The Bertz CT molecular complexity index is 453. The minimum atomic E-state index is -0.181. The molecule has 0 aliphatic heterocycles. The summed E-state index contributed by atoms with van der Waals surface area (Å²) in [5.41, 5.74) is 3.14. The minimum Gasteiger partial charge on any atom is -0.315 e. The standard InChI is InChI=1S/C16H22N2O/c1-12-9-13(2)11-15(10-12)18-16(19)17-8-7-14-5-3-4-6-14/h7-11,14H,3-6H2,1-2H3,(H2,17,18,19)/b8-7+. The zero-order valence-corrected chi connectivity index (χ0v) is 11.7. The zero-order valence-electron chi connectivity index (χ0n) is 11.7. The van der Waals surface area contributed by atoms with E-state index in [1.165, 1.54) is 25.7 Å². The zero-order chi connectivity index (χ0) is 13.7. The van der Waals surface area contributed by atoms with Gasteiger partial charge in [-0.3, -0.25) is 0 Å². The maximum Gasteiger partial charge on any atom is 0.323 e. The fourth-order valence-corrected chi connectivity index (χ4v) is 2.62. The average Bonchev–Trinajstić information content (AvgIpc) is 2.80. The van der Waals surface area contributed by atoms with E-state index in [4.69, 9.17) is 0 Å². The molecule has 0 heterocycles. The second-order valence-corrected chi connectivity index (χ2v) is 5.38. The molecule has 0 saturated heterocycles. The number of rotatable bonds is 3. The van der Waals surface area contributed by atoms with Gasteiger partial charge in [0, 0.05) is 11.9 Å². The summed E-state index contributed by atoms with van der Waals surface area (Å²) in [7, 11) is 0. The molecular formula is C16H22N2O. The lowest BCUT2D eigenvalue weighted by Gasteiger charge is -2.07. The molecule has 2 amide bonds. The second-order valence-electron chi connectivity index (χ2n) is 5.38. The van der Waals surface area contributed by atoms with Crippen LogP contribution in [0.2, 0.25) is 0 Å². The first-order valence-corrected chi connectivity index (χ1v) is 6.96. The highest BCUT2D eigenvalue weighted by Gasteiger charge is 2.11. The van der Waals surface area contributed by atoms with Gasteiger partial charge in [0.1, 0.15) is 0 Å². The van der Waals surface area contributed by atoms with Crippen LogP contribution in [0.3, 0.4) is 0 Å². The minimum absolute atomic E-state index is 0.181. The summed E-state index contributed by atoms with van der Waals surface area (Å²) < 4.78 is 0. The van der Waals surface area contributed by atoms with Gasteiger partial charge >= 0.3 is 6.03 Å². The fraction of sp³-hybridized carbons (Fsp3) is 0.438. The predicted octanol–water partition coefficient (Wildman–Crippen LogP) is 4.13. The number of nitrogens with one attached hydrogen (secondary N) is 2. The monoisotopic (exact) mass is 258 g/mol. The van der Waals surface area contributed by atoms with Crippen molar-refractivity contribution in [3.63, 3.8) is 0 Å². The van der Waals surface area contributed by atoms with Crippen LogP contribution in [0.5, 0.6) is 0 Å². The highest BCUT2D eigenvalue weighted by atomic mass is 16.2. The summed E-state index contributed by atoms with van der Waals surface area (Å²) >= 11 is 0. The fourth-order valence-electron chi connectivity index (χ4n) is 2.62. The topological polar surface area (TPSA) is 41.1 Å². The van der Waals surface area contributed by atoms with Crippen molar-refractivity contribution in [1.82, 2.24) is 5.32 Å².